The molecular formula is C14H18F2N2. The fourth-order valence-electron chi connectivity index (χ4n) is 3.60. The van der Waals surface area contributed by atoms with Gasteiger partial charge in [0, 0.05) is 6.54 Å². The van der Waals surface area contributed by atoms with Crippen LogP contribution in [0.5, 0.6) is 0 Å². The highest BCUT2D eigenvalue weighted by Crippen LogP contribution is 2.48. The van der Waals surface area contributed by atoms with Crippen molar-refractivity contribution in [3.05, 3.63) is 23.8 Å². The van der Waals surface area contributed by atoms with E-state index in [9.17, 15) is 8.78 Å². The van der Waals surface area contributed by atoms with Crippen LogP contribution in [-0.4, -0.2) is 6.54 Å². The van der Waals surface area contributed by atoms with Crippen LogP contribution in [0.2, 0.25) is 0 Å². The minimum absolute atomic E-state index is 0.123. The van der Waals surface area contributed by atoms with Gasteiger partial charge >= 0.3 is 0 Å². The topological polar surface area (TPSA) is 38.0 Å². The maximum Gasteiger partial charge on any atom is 0.183 e. The normalized spacial score (nSPS) is 29.8. The van der Waals surface area contributed by atoms with Crippen LogP contribution >= 0.6 is 0 Å². The Morgan fingerprint density at radius 1 is 1.22 bits per heavy atom. The van der Waals surface area contributed by atoms with Gasteiger partial charge in [-0.3, -0.25) is 0 Å². The van der Waals surface area contributed by atoms with Crippen LogP contribution in [0, 0.1) is 29.4 Å². The third-order valence-electron chi connectivity index (χ3n) is 4.55. The molecule has 0 amide bonds. The zero-order valence-corrected chi connectivity index (χ0v) is 10.3. The number of nitrogen functional groups attached to an aromatic ring is 1. The van der Waals surface area contributed by atoms with E-state index in [1.54, 1.807) is 0 Å². The van der Waals surface area contributed by atoms with Gasteiger partial charge in [0.1, 0.15) is 0 Å². The van der Waals surface area contributed by atoms with Crippen LogP contribution in [0.4, 0.5) is 20.2 Å². The number of fused-ring (bicyclic) bond motifs is 2. The summed E-state index contributed by atoms with van der Waals surface area (Å²) in [7, 11) is 0. The number of anilines is 2. The number of hydrogen-bond donors (Lipinski definition) is 2. The first-order valence-corrected chi connectivity index (χ1v) is 6.62. The van der Waals surface area contributed by atoms with Crippen molar-refractivity contribution in [1.82, 2.24) is 0 Å². The van der Waals surface area contributed by atoms with E-state index in [1.807, 2.05) is 0 Å². The van der Waals surface area contributed by atoms with Gasteiger partial charge in [-0.15, -0.1) is 0 Å². The average molecular weight is 252 g/mol. The number of nitrogens with two attached hydrogens (primary N) is 1. The summed E-state index contributed by atoms with van der Waals surface area (Å²) < 4.78 is 26.7. The Hall–Kier alpha value is -1.32. The molecule has 4 heteroatoms. The van der Waals surface area contributed by atoms with E-state index < -0.39 is 11.6 Å². The maximum atomic E-state index is 13.6. The molecular weight excluding hydrogens is 234 g/mol. The third kappa shape index (κ3) is 1.93. The molecule has 0 saturated heterocycles. The largest absolute Gasteiger partial charge is 0.397 e. The van der Waals surface area contributed by atoms with Crippen molar-refractivity contribution in [3.8, 4) is 0 Å². The van der Waals surface area contributed by atoms with Crippen LogP contribution in [0.3, 0.4) is 0 Å². The summed E-state index contributed by atoms with van der Waals surface area (Å²) in [6.45, 7) is 0.700. The zero-order chi connectivity index (χ0) is 12.7. The number of halogens is 2. The van der Waals surface area contributed by atoms with E-state index in [0.717, 1.165) is 17.9 Å². The predicted octanol–water partition coefficient (Wildman–Crippen LogP) is 3.40. The molecule has 1 aromatic carbocycles. The molecule has 0 radical (unpaired) electrons. The molecule has 18 heavy (non-hydrogen) atoms. The molecule has 0 spiro atoms. The third-order valence-corrected chi connectivity index (χ3v) is 4.55. The fourth-order valence-corrected chi connectivity index (χ4v) is 3.60. The number of nitrogens with one attached hydrogen (secondary N) is 1. The highest BCUT2D eigenvalue weighted by atomic mass is 19.2. The van der Waals surface area contributed by atoms with Crippen molar-refractivity contribution in [2.24, 2.45) is 17.8 Å². The predicted molar refractivity (Wildman–Crippen MR) is 68.2 cm³/mol. The number of rotatable bonds is 3. The summed E-state index contributed by atoms with van der Waals surface area (Å²) in [5.41, 5.74) is 6.08. The maximum absolute atomic E-state index is 13.6. The SMILES string of the molecule is Nc1ccc(F)c(F)c1NCC1CC2CCC1C2. The quantitative estimate of drug-likeness (QED) is 0.809. The minimum atomic E-state index is -0.863. The Kier molecular flexibility index (Phi) is 2.88. The van der Waals surface area contributed by atoms with Crippen LogP contribution in [0.25, 0.3) is 0 Å². The van der Waals surface area contributed by atoms with E-state index in [2.05, 4.69) is 5.32 Å². The summed E-state index contributed by atoms with van der Waals surface area (Å²) in [5.74, 6) is 0.500. The van der Waals surface area contributed by atoms with Crippen LogP contribution in [-0.2, 0) is 0 Å². The Labute approximate surface area is 106 Å². The molecule has 2 aliphatic rings. The molecule has 0 aliphatic heterocycles. The molecule has 3 N–H and O–H groups in total. The second kappa shape index (κ2) is 4.41. The van der Waals surface area contributed by atoms with Gasteiger partial charge in [-0.1, -0.05) is 6.42 Å². The summed E-state index contributed by atoms with van der Waals surface area (Å²) in [5, 5.41) is 3.01. The van der Waals surface area contributed by atoms with Crippen molar-refractivity contribution in [2.75, 3.05) is 17.6 Å². The van der Waals surface area contributed by atoms with E-state index in [0.29, 0.717) is 12.5 Å². The molecule has 2 fully saturated rings. The molecule has 3 unspecified atom stereocenters. The van der Waals surface area contributed by atoms with E-state index >= 15 is 0 Å². The summed E-state index contributed by atoms with van der Waals surface area (Å²) in [6.07, 6.45) is 5.16. The molecule has 98 valence electrons. The van der Waals surface area contributed by atoms with Crippen LogP contribution in [0.15, 0.2) is 12.1 Å². The lowest BCUT2D eigenvalue weighted by molar-refractivity contribution is 0.348. The highest BCUT2D eigenvalue weighted by molar-refractivity contribution is 5.66. The first-order chi connectivity index (χ1) is 8.65. The van der Waals surface area contributed by atoms with E-state index in [4.69, 9.17) is 5.73 Å². The Morgan fingerprint density at radius 2 is 2.06 bits per heavy atom. The van der Waals surface area contributed by atoms with E-state index in [-0.39, 0.29) is 11.4 Å². The van der Waals surface area contributed by atoms with Crippen LogP contribution < -0.4 is 11.1 Å². The fraction of sp³-hybridized carbons (Fsp3) is 0.571. The average Bonchev–Trinajstić information content (AvgIpc) is 2.96. The standard InChI is InChI=1S/C14H18F2N2/c15-11-3-4-12(17)14(13(11)16)18-7-10-6-8-1-2-9(10)5-8/h3-4,8-10,18H,1-2,5-7,17H2. The Morgan fingerprint density at radius 3 is 2.72 bits per heavy atom. The molecule has 3 rings (SSSR count). The second-order valence-corrected chi connectivity index (χ2v) is 5.64. The van der Waals surface area contributed by atoms with Gasteiger partial charge < -0.3 is 11.1 Å². The van der Waals surface area contributed by atoms with Gasteiger partial charge in [-0.2, -0.15) is 0 Å². The van der Waals surface area contributed by atoms with Crippen LogP contribution in [0.1, 0.15) is 25.7 Å². The second-order valence-electron chi connectivity index (χ2n) is 5.64. The lowest BCUT2D eigenvalue weighted by Crippen LogP contribution is -2.21. The highest BCUT2D eigenvalue weighted by Gasteiger charge is 2.39. The zero-order valence-electron chi connectivity index (χ0n) is 10.3. The molecule has 2 nitrogen and oxygen atoms in total. The molecule has 2 aliphatic carbocycles. The molecule has 3 atom stereocenters. The molecule has 1 aromatic rings. The van der Waals surface area contributed by atoms with Crippen molar-refractivity contribution in [2.45, 2.75) is 25.7 Å². The van der Waals surface area contributed by atoms with Gasteiger partial charge in [0.25, 0.3) is 0 Å². The molecule has 2 saturated carbocycles. The van der Waals surface area contributed by atoms with Crippen molar-refractivity contribution >= 4 is 11.4 Å². The monoisotopic (exact) mass is 252 g/mol. The first kappa shape index (κ1) is 11.8. The van der Waals surface area contributed by atoms with Gasteiger partial charge in [0.2, 0.25) is 0 Å². The smallest absolute Gasteiger partial charge is 0.183 e. The van der Waals surface area contributed by atoms with Crippen molar-refractivity contribution in [3.63, 3.8) is 0 Å². The van der Waals surface area contributed by atoms with Gasteiger partial charge in [-0.25, -0.2) is 8.78 Å². The Bertz CT molecular complexity index is 461. The summed E-state index contributed by atoms with van der Waals surface area (Å²) >= 11 is 0. The summed E-state index contributed by atoms with van der Waals surface area (Å²) in [6, 6.07) is 2.47. The number of hydrogen-bond acceptors (Lipinski definition) is 2. The van der Waals surface area contributed by atoms with Gasteiger partial charge in [-0.05, 0) is 49.1 Å². The van der Waals surface area contributed by atoms with Crippen molar-refractivity contribution < 1.29 is 8.78 Å². The lowest BCUT2D eigenvalue weighted by atomic mass is 9.89. The minimum Gasteiger partial charge on any atom is -0.397 e. The Balaban J connectivity index is 1.68. The van der Waals surface area contributed by atoms with Gasteiger partial charge in [0.05, 0.1) is 11.4 Å². The first-order valence-electron chi connectivity index (χ1n) is 6.62. The summed E-state index contributed by atoms with van der Waals surface area (Å²) in [4.78, 5) is 0. The van der Waals surface area contributed by atoms with E-state index in [1.165, 1.54) is 31.7 Å². The number of benzene rings is 1. The van der Waals surface area contributed by atoms with Gasteiger partial charge in [0.15, 0.2) is 11.6 Å². The molecule has 0 heterocycles. The molecule has 2 bridgehead atoms. The lowest BCUT2D eigenvalue weighted by Gasteiger charge is -2.23. The molecule has 0 aromatic heterocycles. The van der Waals surface area contributed by atoms with Crippen molar-refractivity contribution in [1.29, 1.82) is 0 Å².